The van der Waals surface area contributed by atoms with Crippen LogP contribution in [0.2, 0.25) is 0 Å². The average molecular weight is 342 g/mol. The number of aryl methyl sites for hydroxylation is 1. The quantitative estimate of drug-likeness (QED) is 0.820. The van der Waals surface area contributed by atoms with Crippen LogP contribution in [0.3, 0.4) is 0 Å². The van der Waals surface area contributed by atoms with Crippen LogP contribution >= 0.6 is 0 Å². The van der Waals surface area contributed by atoms with Crippen LogP contribution in [0, 0.1) is 6.92 Å². The third-order valence-corrected chi connectivity index (χ3v) is 3.14. The van der Waals surface area contributed by atoms with Gasteiger partial charge in [0.2, 0.25) is 5.91 Å². The van der Waals surface area contributed by atoms with E-state index in [-0.39, 0.29) is 18.1 Å². The molecule has 24 heavy (non-hydrogen) atoms. The van der Waals surface area contributed by atoms with Gasteiger partial charge in [0.25, 0.3) is 0 Å². The lowest BCUT2D eigenvalue weighted by Crippen LogP contribution is -2.16. The van der Waals surface area contributed by atoms with Crippen molar-refractivity contribution >= 4 is 11.7 Å². The van der Waals surface area contributed by atoms with Crippen molar-refractivity contribution in [2.45, 2.75) is 25.9 Å². The lowest BCUT2D eigenvalue weighted by Gasteiger charge is -2.10. The minimum Gasteiger partial charge on any atom is -0.385 e. The first kappa shape index (κ1) is 17.9. The van der Waals surface area contributed by atoms with E-state index in [4.69, 9.17) is 4.74 Å². The Balaban J connectivity index is 2.18. The summed E-state index contributed by atoms with van der Waals surface area (Å²) in [5.41, 5.74) is -0.246. The number of rotatable bonds is 6. The maximum absolute atomic E-state index is 12.6. The van der Waals surface area contributed by atoms with E-state index < -0.39 is 11.7 Å². The summed E-state index contributed by atoms with van der Waals surface area (Å²) in [4.78, 5) is 15.7. The predicted octanol–water partition coefficient (Wildman–Crippen LogP) is 2.96. The second kappa shape index (κ2) is 7.43. The van der Waals surface area contributed by atoms with Crippen molar-refractivity contribution in [2.24, 2.45) is 0 Å². The molecule has 0 saturated heterocycles. The molecule has 2 aromatic heterocycles. The number of carbonyl (C=O) groups is 1. The Labute approximate surface area is 136 Å². The molecule has 0 bridgehead atoms. The van der Waals surface area contributed by atoms with Gasteiger partial charge in [-0.05, 0) is 25.5 Å². The van der Waals surface area contributed by atoms with Crippen LogP contribution in [-0.2, 0) is 15.7 Å². The maximum Gasteiger partial charge on any atom is 0.417 e. The van der Waals surface area contributed by atoms with Gasteiger partial charge in [0.15, 0.2) is 5.82 Å². The molecule has 2 heterocycles. The average Bonchev–Trinajstić information content (AvgIpc) is 2.87. The molecule has 0 aliphatic carbocycles. The molecule has 9 heteroatoms. The topological polar surface area (TPSA) is 69.0 Å². The molecule has 0 fully saturated rings. The molecular weight excluding hydrogens is 325 g/mol. The summed E-state index contributed by atoms with van der Waals surface area (Å²) in [6, 6.07) is 3.74. The van der Waals surface area contributed by atoms with Crippen LogP contribution in [0.4, 0.5) is 19.0 Å². The second-order valence-corrected chi connectivity index (χ2v) is 5.13. The Bertz CT molecular complexity index is 696. The number of ether oxygens (including phenoxy) is 1. The normalized spacial score (nSPS) is 11.5. The number of methoxy groups -OCH3 is 1. The van der Waals surface area contributed by atoms with Crippen LogP contribution in [-0.4, -0.2) is 34.4 Å². The number of nitrogens with zero attached hydrogens (tertiary/aromatic N) is 3. The summed E-state index contributed by atoms with van der Waals surface area (Å²) in [7, 11) is 1.55. The largest absolute Gasteiger partial charge is 0.417 e. The Morgan fingerprint density at radius 3 is 2.71 bits per heavy atom. The molecule has 0 aliphatic rings. The van der Waals surface area contributed by atoms with Crippen molar-refractivity contribution in [2.75, 3.05) is 19.0 Å². The highest BCUT2D eigenvalue weighted by atomic mass is 19.4. The first-order valence-corrected chi connectivity index (χ1v) is 7.20. The molecule has 1 N–H and O–H groups in total. The monoisotopic (exact) mass is 342 g/mol. The summed E-state index contributed by atoms with van der Waals surface area (Å²) in [6.07, 6.45) is -2.90. The third-order valence-electron chi connectivity index (χ3n) is 3.14. The number of anilines is 1. The van der Waals surface area contributed by atoms with Gasteiger partial charge in [-0.1, -0.05) is 0 Å². The molecule has 0 atom stereocenters. The van der Waals surface area contributed by atoms with Gasteiger partial charge in [0.1, 0.15) is 5.82 Å². The molecule has 0 radical (unpaired) electrons. The van der Waals surface area contributed by atoms with Gasteiger partial charge < -0.3 is 10.1 Å². The number of nitrogens with one attached hydrogen (secondary N) is 1. The number of amides is 1. The highest BCUT2D eigenvalue weighted by molar-refractivity contribution is 5.90. The Morgan fingerprint density at radius 1 is 1.38 bits per heavy atom. The van der Waals surface area contributed by atoms with Gasteiger partial charge in [0, 0.05) is 32.4 Å². The molecule has 0 spiro atoms. The van der Waals surface area contributed by atoms with Crippen LogP contribution in [0.15, 0.2) is 24.4 Å². The Morgan fingerprint density at radius 2 is 2.12 bits per heavy atom. The smallest absolute Gasteiger partial charge is 0.385 e. The van der Waals surface area contributed by atoms with E-state index in [0.29, 0.717) is 24.5 Å². The first-order chi connectivity index (χ1) is 11.3. The van der Waals surface area contributed by atoms with Crippen LogP contribution < -0.4 is 5.32 Å². The fraction of sp³-hybridized carbons (Fsp3) is 0.400. The highest BCUT2D eigenvalue weighted by Gasteiger charge is 2.30. The molecule has 0 saturated carbocycles. The van der Waals surface area contributed by atoms with Crippen molar-refractivity contribution < 1.29 is 22.7 Å². The van der Waals surface area contributed by atoms with Gasteiger partial charge in [-0.3, -0.25) is 4.79 Å². The number of pyridine rings is 1. The van der Waals surface area contributed by atoms with Gasteiger partial charge >= 0.3 is 6.18 Å². The summed E-state index contributed by atoms with van der Waals surface area (Å²) >= 11 is 0. The Kier molecular flexibility index (Phi) is 5.55. The maximum atomic E-state index is 12.6. The van der Waals surface area contributed by atoms with Crippen molar-refractivity contribution in [3.05, 3.63) is 35.7 Å². The minimum absolute atomic E-state index is 0.184. The molecular formula is C15H17F3N4O2. The number of carbonyl (C=O) groups excluding carboxylic acids is 1. The highest BCUT2D eigenvalue weighted by Crippen LogP contribution is 2.29. The van der Waals surface area contributed by atoms with Gasteiger partial charge in [-0.25, -0.2) is 4.98 Å². The zero-order valence-electron chi connectivity index (χ0n) is 13.2. The number of aromatic nitrogens is 3. The molecule has 0 aromatic carbocycles. The summed E-state index contributed by atoms with van der Waals surface area (Å²) < 4.78 is 44.0. The molecule has 1 amide bonds. The van der Waals surface area contributed by atoms with Crippen molar-refractivity contribution in [1.82, 2.24) is 14.8 Å². The van der Waals surface area contributed by atoms with Crippen LogP contribution in [0.1, 0.15) is 24.1 Å². The van der Waals surface area contributed by atoms with Crippen LogP contribution in [0.25, 0.3) is 5.82 Å². The van der Waals surface area contributed by atoms with E-state index in [9.17, 15) is 18.0 Å². The van der Waals surface area contributed by atoms with E-state index in [1.807, 2.05) is 0 Å². The zero-order valence-corrected chi connectivity index (χ0v) is 13.2. The standard InChI is InChI=1S/C15H17F3N4O2/c1-10-8-13(20-14(23)4-3-7-24-2)22(21-10)12-6-5-11(9-19-12)15(16,17)18/h5-6,8-9H,3-4,7H2,1-2H3,(H,20,23). The van der Waals surface area contributed by atoms with Crippen molar-refractivity contribution in [3.63, 3.8) is 0 Å². The predicted molar refractivity (Wildman–Crippen MR) is 80.8 cm³/mol. The number of alkyl halides is 3. The molecule has 0 aliphatic heterocycles. The van der Waals surface area contributed by atoms with E-state index in [2.05, 4.69) is 15.4 Å². The van der Waals surface area contributed by atoms with E-state index in [1.54, 1.807) is 20.1 Å². The molecule has 6 nitrogen and oxygen atoms in total. The SMILES string of the molecule is COCCCC(=O)Nc1cc(C)nn1-c1ccc(C(F)(F)F)cn1. The molecule has 2 rings (SSSR count). The zero-order chi connectivity index (χ0) is 17.7. The van der Waals surface area contributed by atoms with E-state index in [0.717, 1.165) is 12.3 Å². The van der Waals surface area contributed by atoms with Crippen LogP contribution in [0.5, 0.6) is 0 Å². The molecule has 130 valence electrons. The summed E-state index contributed by atoms with van der Waals surface area (Å²) in [5, 5.41) is 6.83. The second-order valence-electron chi connectivity index (χ2n) is 5.13. The van der Waals surface area contributed by atoms with Gasteiger partial charge in [0.05, 0.1) is 11.3 Å². The van der Waals surface area contributed by atoms with Crippen molar-refractivity contribution in [1.29, 1.82) is 0 Å². The number of hydrogen-bond acceptors (Lipinski definition) is 4. The third kappa shape index (κ3) is 4.54. The minimum atomic E-state index is -4.45. The van der Waals surface area contributed by atoms with Gasteiger partial charge in [-0.2, -0.15) is 23.0 Å². The van der Waals surface area contributed by atoms with E-state index in [1.165, 1.54) is 10.7 Å². The van der Waals surface area contributed by atoms with E-state index >= 15 is 0 Å². The lowest BCUT2D eigenvalue weighted by atomic mass is 10.3. The number of halogens is 3. The summed E-state index contributed by atoms with van der Waals surface area (Å²) in [6.45, 7) is 2.17. The van der Waals surface area contributed by atoms with Gasteiger partial charge in [-0.15, -0.1) is 0 Å². The molecule has 2 aromatic rings. The number of hydrogen-bond donors (Lipinski definition) is 1. The summed E-state index contributed by atoms with van der Waals surface area (Å²) in [5.74, 6) is 0.297. The fourth-order valence-electron chi connectivity index (χ4n) is 2.02. The molecule has 0 unspecified atom stereocenters. The fourth-order valence-corrected chi connectivity index (χ4v) is 2.02. The first-order valence-electron chi connectivity index (χ1n) is 7.20. The Hall–Kier alpha value is -2.42. The lowest BCUT2D eigenvalue weighted by molar-refractivity contribution is -0.137. The van der Waals surface area contributed by atoms with Crippen molar-refractivity contribution in [3.8, 4) is 5.82 Å².